The minimum atomic E-state index is 0.363. The van der Waals surface area contributed by atoms with E-state index >= 15 is 0 Å². The average Bonchev–Trinajstić information content (AvgIpc) is 2.51. The zero-order valence-electron chi connectivity index (χ0n) is 15.5. The summed E-state index contributed by atoms with van der Waals surface area (Å²) < 4.78 is 0. The van der Waals surface area contributed by atoms with E-state index in [1.165, 1.54) is 27.8 Å². The number of nitrogens with zero attached hydrogens (tertiary/aromatic N) is 1. The van der Waals surface area contributed by atoms with Crippen LogP contribution < -0.4 is 0 Å². The molecule has 1 N–H and O–H groups in total. The molecule has 0 spiro atoms. The maximum absolute atomic E-state index is 7.54. The minimum Gasteiger partial charge on any atom is -0.287 e. The summed E-state index contributed by atoms with van der Waals surface area (Å²) in [6, 6.07) is 15.6. The van der Waals surface area contributed by atoms with Crippen LogP contribution in [-0.4, -0.2) is 11.5 Å². The van der Waals surface area contributed by atoms with Gasteiger partial charge in [-0.1, -0.05) is 53.6 Å². The molecular weight excluding hydrogens is 292 g/mol. The van der Waals surface area contributed by atoms with Crippen LogP contribution in [0.1, 0.15) is 60.4 Å². The summed E-state index contributed by atoms with van der Waals surface area (Å²) in [4.78, 5) is 4.29. The molecule has 2 aromatic carbocycles. The molecular formula is C22H28N2. The highest BCUT2D eigenvalue weighted by molar-refractivity contribution is 5.94. The maximum atomic E-state index is 7.54. The summed E-state index contributed by atoms with van der Waals surface area (Å²) in [5.41, 5.74) is 7.71. The van der Waals surface area contributed by atoms with Gasteiger partial charge in [-0.2, -0.15) is 0 Å². The van der Waals surface area contributed by atoms with Gasteiger partial charge in [-0.3, -0.25) is 5.41 Å². The Morgan fingerprint density at radius 2 is 1.58 bits per heavy atom. The summed E-state index contributed by atoms with van der Waals surface area (Å²) >= 11 is 0. The smallest absolute Gasteiger partial charge is 0.117 e. The average molecular weight is 320 g/mol. The van der Waals surface area contributed by atoms with Gasteiger partial charge in [-0.05, 0) is 64.2 Å². The fourth-order valence-corrected chi connectivity index (χ4v) is 3.13. The first-order valence-electron chi connectivity index (χ1n) is 8.60. The lowest BCUT2D eigenvalue weighted by molar-refractivity contribution is 0.736. The fraction of sp³-hybridized carbons (Fsp3) is 0.364. The predicted octanol–water partition coefficient (Wildman–Crippen LogP) is 5.98. The first-order valence-corrected chi connectivity index (χ1v) is 8.60. The van der Waals surface area contributed by atoms with Crippen molar-refractivity contribution in [2.45, 2.75) is 53.4 Å². The van der Waals surface area contributed by atoms with Gasteiger partial charge in [-0.25, -0.2) is 4.99 Å². The van der Waals surface area contributed by atoms with Crippen LogP contribution in [-0.2, 0) is 0 Å². The quantitative estimate of drug-likeness (QED) is 0.519. The van der Waals surface area contributed by atoms with Crippen molar-refractivity contribution >= 4 is 11.5 Å². The lowest BCUT2D eigenvalue weighted by atomic mass is 9.83. The van der Waals surface area contributed by atoms with E-state index in [2.05, 4.69) is 68.2 Å². The van der Waals surface area contributed by atoms with Crippen LogP contribution in [0.3, 0.4) is 0 Å². The molecule has 1 atom stereocenters. The number of hydrogen-bond acceptors (Lipinski definition) is 1. The van der Waals surface area contributed by atoms with Crippen molar-refractivity contribution < 1.29 is 0 Å². The maximum Gasteiger partial charge on any atom is 0.117 e. The van der Waals surface area contributed by atoms with Crippen LogP contribution in [0.4, 0.5) is 0 Å². The Labute approximate surface area is 146 Å². The van der Waals surface area contributed by atoms with Crippen LogP contribution in [0.5, 0.6) is 0 Å². The summed E-state index contributed by atoms with van der Waals surface area (Å²) in [5.74, 6) is 0.743. The van der Waals surface area contributed by atoms with Gasteiger partial charge in [0.25, 0.3) is 0 Å². The second kappa shape index (κ2) is 8.05. The van der Waals surface area contributed by atoms with Crippen molar-refractivity contribution in [2.75, 3.05) is 0 Å². The van der Waals surface area contributed by atoms with Gasteiger partial charge < -0.3 is 0 Å². The van der Waals surface area contributed by atoms with Gasteiger partial charge in [0.2, 0.25) is 0 Å². The number of hydrogen-bond donors (Lipinski definition) is 1. The van der Waals surface area contributed by atoms with E-state index < -0.39 is 0 Å². The van der Waals surface area contributed by atoms with Crippen molar-refractivity contribution in [1.29, 1.82) is 5.41 Å². The van der Waals surface area contributed by atoms with E-state index in [1.807, 2.05) is 6.92 Å². The number of aryl methyl sites for hydroxylation is 3. The van der Waals surface area contributed by atoms with E-state index in [0.29, 0.717) is 11.8 Å². The van der Waals surface area contributed by atoms with Gasteiger partial charge in [0, 0.05) is 11.6 Å². The number of benzene rings is 2. The molecule has 126 valence electrons. The summed E-state index contributed by atoms with van der Waals surface area (Å²) in [5, 5.41) is 7.54. The lowest BCUT2D eigenvalue weighted by Gasteiger charge is -2.21. The molecule has 0 aliphatic carbocycles. The van der Waals surface area contributed by atoms with Crippen molar-refractivity contribution in [1.82, 2.24) is 0 Å². The third kappa shape index (κ3) is 4.89. The van der Waals surface area contributed by atoms with Crippen LogP contribution in [0.2, 0.25) is 0 Å². The molecule has 0 saturated heterocycles. The van der Waals surface area contributed by atoms with Crippen LogP contribution in [0.15, 0.2) is 47.5 Å². The number of nitrogens with one attached hydrogen (secondary N) is 1. The van der Waals surface area contributed by atoms with Gasteiger partial charge in [0.1, 0.15) is 5.84 Å². The molecule has 2 rings (SSSR count). The fourth-order valence-electron chi connectivity index (χ4n) is 3.13. The molecule has 0 saturated carbocycles. The van der Waals surface area contributed by atoms with E-state index in [0.717, 1.165) is 18.6 Å². The molecule has 24 heavy (non-hydrogen) atoms. The van der Waals surface area contributed by atoms with Crippen LogP contribution in [0.25, 0.3) is 0 Å². The van der Waals surface area contributed by atoms with Crippen molar-refractivity contribution in [3.63, 3.8) is 0 Å². The standard InChI is InChI=1S/C22H28N2/c1-15-7-11-20(12-8-15)21(13-10-18(4)24-19(5)23)22-14-16(2)6-9-17(22)3/h6-9,11-12,14,21,23H,10,13H2,1-5H3. The molecule has 2 aromatic rings. The Bertz CT molecular complexity index is 739. The van der Waals surface area contributed by atoms with E-state index in [9.17, 15) is 0 Å². The summed E-state index contributed by atoms with van der Waals surface area (Å²) in [7, 11) is 0. The van der Waals surface area contributed by atoms with E-state index in [4.69, 9.17) is 5.41 Å². The van der Waals surface area contributed by atoms with Crippen molar-refractivity contribution in [3.8, 4) is 0 Å². The lowest BCUT2D eigenvalue weighted by Crippen LogP contribution is -2.07. The number of rotatable bonds is 5. The van der Waals surface area contributed by atoms with Gasteiger partial charge in [0.15, 0.2) is 0 Å². The summed E-state index contributed by atoms with van der Waals surface area (Å²) in [6.45, 7) is 10.2. The van der Waals surface area contributed by atoms with Gasteiger partial charge >= 0.3 is 0 Å². The monoisotopic (exact) mass is 320 g/mol. The molecule has 0 bridgehead atoms. The van der Waals surface area contributed by atoms with Crippen LogP contribution in [0, 0.1) is 26.2 Å². The highest BCUT2D eigenvalue weighted by Crippen LogP contribution is 2.32. The van der Waals surface area contributed by atoms with E-state index in [1.54, 1.807) is 6.92 Å². The largest absolute Gasteiger partial charge is 0.287 e. The zero-order chi connectivity index (χ0) is 17.7. The SMILES string of the molecule is CC(=N)N=C(C)CCC(c1ccc(C)cc1)c1cc(C)ccc1C. The molecule has 2 heteroatoms. The number of amidine groups is 1. The zero-order valence-corrected chi connectivity index (χ0v) is 15.5. The first kappa shape index (κ1) is 18.1. The molecule has 0 fully saturated rings. The minimum absolute atomic E-state index is 0.363. The van der Waals surface area contributed by atoms with Crippen molar-refractivity contribution in [3.05, 3.63) is 70.3 Å². The van der Waals surface area contributed by atoms with E-state index in [-0.39, 0.29) is 0 Å². The topological polar surface area (TPSA) is 36.2 Å². The third-order valence-electron chi connectivity index (χ3n) is 4.44. The Morgan fingerprint density at radius 1 is 0.958 bits per heavy atom. The highest BCUT2D eigenvalue weighted by Gasteiger charge is 2.17. The predicted molar refractivity (Wildman–Crippen MR) is 105 cm³/mol. The third-order valence-corrected chi connectivity index (χ3v) is 4.44. The second-order valence-corrected chi connectivity index (χ2v) is 6.79. The van der Waals surface area contributed by atoms with Crippen molar-refractivity contribution in [2.24, 2.45) is 4.99 Å². The number of aliphatic imine (C=N–C) groups is 1. The Morgan fingerprint density at radius 3 is 2.21 bits per heavy atom. The Balaban J connectivity index is 2.36. The molecule has 0 aromatic heterocycles. The normalized spacial score (nSPS) is 13.0. The van der Waals surface area contributed by atoms with Gasteiger partial charge in [-0.15, -0.1) is 0 Å². The van der Waals surface area contributed by atoms with Gasteiger partial charge in [0.05, 0.1) is 0 Å². The Hall–Kier alpha value is -2.22. The molecule has 0 amide bonds. The molecule has 0 aliphatic rings. The Kier molecular flexibility index (Phi) is 6.08. The molecule has 0 heterocycles. The first-order chi connectivity index (χ1) is 11.4. The van der Waals surface area contributed by atoms with Crippen LogP contribution >= 0.6 is 0 Å². The molecule has 1 unspecified atom stereocenters. The molecule has 2 nitrogen and oxygen atoms in total. The summed E-state index contributed by atoms with van der Waals surface area (Å²) in [6.07, 6.45) is 1.91. The second-order valence-electron chi connectivity index (χ2n) is 6.79. The highest BCUT2D eigenvalue weighted by atomic mass is 14.8. The molecule has 0 aliphatic heterocycles. The molecule has 0 radical (unpaired) electrons.